The van der Waals surface area contributed by atoms with Gasteiger partial charge in [-0.25, -0.2) is 4.72 Å². The SMILES string of the molecule is CCN(CC)S(=O)(=O)NCC1CC(=O)N(c2ccccc2)C1. The van der Waals surface area contributed by atoms with E-state index in [4.69, 9.17) is 0 Å². The van der Waals surface area contributed by atoms with Crippen LogP contribution >= 0.6 is 0 Å². The number of anilines is 1. The number of hydrogen-bond acceptors (Lipinski definition) is 3. The molecule has 1 saturated heterocycles. The van der Waals surface area contributed by atoms with Gasteiger partial charge in [0.1, 0.15) is 0 Å². The van der Waals surface area contributed by atoms with E-state index in [1.54, 1.807) is 18.7 Å². The Balaban J connectivity index is 1.95. The Kier molecular flexibility index (Phi) is 5.55. The number of nitrogens with zero attached hydrogens (tertiary/aromatic N) is 2. The fourth-order valence-electron chi connectivity index (χ4n) is 2.65. The van der Waals surface area contributed by atoms with E-state index >= 15 is 0 Å². The van der Waals surface area contributed by atoms with E-state index in [1.807, 2.05) is 30.3 Å². The Morgan fingerprint density at radius 2 is 1.86 bits per heavy atom. The number of rotatable bonds is 7. The van der Waals surface area contributed by atoms with Crippen molar-refractivity contribution in [1.29, 1.82) is 0 Å². The van der Waals surface area contributed by atoms with Crippen molar-refractivity contribution >= 4 is 21.8 Å². The lowest BCUT2D eigenvalue weighted by Crippen LogP contribution is -2.42. The molecule has 0 aliphatic carbocycles. The summed E-state index contributed by atoms with van der Waals surface area (Å²) in [6.07, 6.45) is 0.371. The molecule has 1 fully saturated rings. The van der Waals surface area contributed by atoms with Crippen LogP contribution in [-0.4, -0.2) is 44.8 Å². The first-order valence-electron chi connectivity index (χ1n) is 7.58. The van der Waals surface area contributed by atoms with E-state index < -0.39 is 10.2 Å². The maximum atomic E-state index is 12.1. The van der Waals surface area contributed by atoms with E-state index in [0.29, 0.717) is 26.1 Å². The molecule has 122 valence electrons. The Hall–Kier alpha value is -1.44. The molecule has 0 saturated carbocycles. The number of hydrogen-bond donors (Lipinski definition) is 1. The first-order chi connectivity index (χ1) is 10.5. The van der Waals surface area contributed by atoms with Crippen molar-refractivity contribution in [2.24, 2.45) is 5.92 Å². The second kappa shape index (κ2) is 7.21. The van der Waals surface area contributed by atoms with Crippen LogP contribution in [-0.2, 0) is 15.0 Å². The molecule has 1 aliphatic rings. The molecule has 22 heavy (non-hydrogen) atoms. The number of nitrogens with one attached hydrogen (secondary N) is 1. The van der Waals surface area contributed by atoms with Gasteiger partial charge < -0.3 is 4.90 Å². The summed E-state index contributed by atoms with van der Waals surface area (Å²) in [6, 6.07) is 9.46. The molecule has 0 aromatic heterocycles. The molecule has 1 amide bonds. The monoisotopic (exact) mass is 325 g/mol. The summed E-state index contributed by atoms with van der Waals surface area (Å²) >= 11 is 0. The summed E-state index contributed by atoms with van der Waals surface area (Å²) in [4.78, 5) is 13.8. The summed E-state index contributed by atoms with van der Waals surface area (Å²) in [6.45, 7) is 5.31. The van der Waals surface area contributed by atoms with Gasteiger partial charge in [-0.2, -0.15) is 12.7 Å². The first-order valence-corrected chi connectivity index (χ1v) is 9.02. The van der Waals surface area contributed by atoms with Gasteiger partial charge in [0.05, 0.1) is 0 Å². The highest BCUT2D eigenvalue weighted by atomic mass is 32.2. The Morgan fingerprint density at radius 3 is 2.45 bits per heavy atom. The number of benzene rings is 1. The van der Waals surface area contributed by atoms with Crippen molar-refractivity contribution in [3.63, 3.8) is 0 Å². The van der Waals surface area contributed by atoms with Crippen LogP contribution in [0.2, 0.25) is 0 Å². The van der Waals surface area contributed by atoms with E-state index in [2.05, 4.69) is 4.72 Å². The summed E-state index contributed by atoms with van der Waals surface area (Å²) < 4.78 is 28.2. The highest BCUT2D eigenvalue weighted by molar-refractivity contribution is 7.87. The van der Waals surface area contributed by atoms with Crippen molar-refractivity contribution in [2.75, 3.05) is 31.1 Å². The van der Waals surface area contributed by atoms with Gasteiger partial charge in [-0.15, -0.1) is 0 Å². The van der Waals surface area contributed by atoms with Gasteiger partial charge in [-0.3, -0.25) is 4.79 Å². The third-order valence-electron chi connectivity index (χ3n) is 3.87. The zero-order chi connectivity index (χ0) is 16.2. The molecular weight excluding hydrogens is 302 g/mol. The maximum absolute atomic E-state index is 12.1. The minimum absolute atomic E-state index is 0.00181. The molecule has 0 radical (unpaired) electrons. The Morgan fingerprint density at radius 1 is 1.23 bits per heavy atom. The number of carbonyl (C=O) groups excluding carboxylic acids is 1. The van der Waals surface area contributed by atoms with Gasteiger partial charge in [0.15, 0.2) is 0 Å². The maximum Gasteiger partial charge on any atom is 0.279 e. The first kappa shape index (κ1) is 16.9. The highest BCUT2D eigenvalue weighted by Gasteiger charge is 2.31. The third-order valence-corrected chi connectivity index (χ3v) is 5.60. The largest absolute Gasteiger partial charge is 0.312 e. The van der Waals surface area contributed by atoms with E-state index in [0.717, 1.165) is 5.69 Å². The molecule has 1 atom stereocenters. The molecule has 0 bridgehead atoms. The fraction of sp³-hybridized carbons (Fsp3) is 0.533. The molecule has 1 heterocycles. The van der Waals surface area contributed by atoms with Crippen LogP contribution in [0.25, 0.3) is 0 Å². The van der Waals surface area contributed by atoms with Crippen LogP contribution in [0, 0.1) is 5.92 Å². The number of amides is 1. The molecule has 2 rings (SSSR count). The normalized spacial score (nSPS) is 19.1. The lowest BCUT2D eigenvalue weighted by atomic mass is 10.1. The fourth-order valence-corrected chi connectivity index (χ4v) is 3.96. The molecule has 7 heteroatoms. The quantitative estimate of drug-likeness (QED) is 0.819. The highest BCUT2D eigenvalue weighted by Crippen LogP contribution is 2.24. The van der Waals surface area contributed by atoms with Crippen molar-refractivity contribution in [1.82, 2.24) is 9.03 Å². The summed E-state index contributed by atoms with van der Waals surface area (Å²) in [5, 5.41) is 0. The van der Waals surface area contributed by atoms with Crippen LogP contribution in [0.5, 0.6) is 0 Å². The van der Waals surface area contributed by atoms with Gasteiger partial charge >= 0.3 is 0 Å². The van der Waals surface area contributed by atoms with Crippen molar-refractivity contribution in [3.05, 3.63) is 30.3 Å². The summed E-state index contributed by atoms with van der Waals surface area (Å²) in [7, 11) is -3.46. The minimum Gasteiger partial charge on any atom is -0.312 e. The van der Waals surface area contributed by atoms with Gasteiger partial charge in [-0.1, -0.05) is 32.0 Å². The zero-order valence-corrected chi connectivity index (χ0v) is 13.8. The average molecular weight is 325 g/mol. The molecule has 6 nitrogen and oxygen atoms in total. The molecular formula is C15H23N3O3S. The van der Waals surface area contributed by atoms with Crippen LogP contribution in [0.4, 0.5) is 5.69 Å². The van der Waals surface area contributed by atoms with Crippen molar-refractivity contribution < 1.29 is 13.2 Å². The van der Waals surface area contributed by atoms with Gasteiger partial charge in [-0.05, 0) is 18.1 Å². The second-order valence-electron chi connectivity index (χ2n) is 5.35. The lowest BCUT2D eigenvalue weighted by molar-refractivity contribution is -0.117. The zero-order valence-electron chi connectivity index (χ0n) is 13.0. The van der Waals surface area contributed by atoms with E-state index in [9.17, 15) is 13.2 Å². The van der Waals surface area contributed by atoms with Gasteiger partial charge in [0.25, 0.3) is 10.2 Å². The lowest BCUT2D eigenvalue weighted by Gasteiger charge is -2.20. The second-order valence-corrected chi connectivity index (χ2v) is 7.10. The van der Waals surface area contributed by atoms with Crippen LogP contribution in [0.3, 0.4) is 0 Å². The van der Waals surface area contributed by atoms with Crippen molar-refractivity contribution in [3.8, 4) is 0 Å². The average Bonchev–Trinajstić information content (AvgIpc) is 2.88. The van der Waals surface area contributed by atoms with E-state index in [1.165, 1.54) is 4.31 Å². The van der Waals surface area contributed by atoms with Crippen LogP contribution < -0.4 is 9.62 Å². The van der Waals surface area contributed by atoms with Crippen LogP contribution in [0.1, 0.15) is 20.3 Å². The predicted molar refractivity (Wildman–Crippen MR) is 86.7 cm³/mol. The van der Waals surface area contributed by atoms with Gasteiger partial charge in [0.2, 0.25) is 5.91 Å². The number of carbonyl (C=O) groups is 1. The Bertz CT molecular complexity index is 600. The molecule has 1 aliphatic heterocycles. The summed E-state index contributed by atoms with van der Waals surface area (Å²) in [5.74, 6) is 0.0382. The molecule has 1 unspecified atom stereocenters. The molecule has 0 spiro atoms. The molecule has 1 aromatic rings. The van der Waals surface area contributed by atoms with Crippen LogP contribution in [0.15, 0.2) is 30.3 Å². The smallest absolute Gasteiger partial charge is 0.279 e. The topological polar surface area (TPSA) is 69.7 Å². The minimum atomic E-state index is -3.46. The number of para-hydroxylation sites is 1. The molecule has 1 aromatic carbocycles. The standard InChI is InChI=1S/C15H23N3O3S/c1-3-17(4-2)22(20,21)16-11-13-10-15(19)18(12-13)14-8-6-5-7-9-14/h5-9,13,16H,3-4,10-12H2,1-2H3. The van der Waals surface area contributed by atoms with Gasteiger partial charge in [0, 0.05) is 38.3 Å². The Labute approximate surface area is 132 Å². The predicted octanol–water partition coefficient (Wildman–Crippen LogP) is 1.22. The third kappa shape index (κ3) is 3.85. The van der Waals surface area contributed by atoms with E-state index in [-0.39, 0.29) is 18.4 Å². The van der Waals surface area contributed by atoms with Crippen molar-refractivity contribution in [2.45, 2.75) is 20.3 Å². The molecule has 1 N–H and O–H groups in total. The summed E-state index contributed by atoms with van der Waals surface area (Å²) in [5.41, 5.74) is 0.863.